The van der Waals surface area contributed by atoms with Gasteiger partial charge in [-0.3, -0.25) is 0 Å². The van der Waals surface area contributed by atoms with Crippen LogP contribution < -0.4 is 0 Å². The molecule has 0 heterocycles. The van der Waals surface area contributed by atoms with Crippen LogP contribution in [0, 0.1) is 6.92 Å². The molecule has 26 heavy (non-hydrogen) atoms. The molecule has 3 aromatic rings. The quantitative estimate of drug-likeness (QED) is 0.474. The van der Waals surface area contributed by atoms with Crippen molar-refractivity contribution in [2.75, 3.05) is 0 Å². The molecule has 0 bridgehead atoms. The molecule has 3 heteroatoms. The molecule has 0 aliphatic rings. The monoisotopic (exact) mass is 354 g/mol. The molecule has 0 aliphatic heterocycles. The van der Waals surface area contributed by atoms with Gasteiger partial charge in [0.15, 0.2) is 0 Å². The van der Waals surface area contributed by atoms with Gasteiger partial charge >= 0.3 is 6.18 Å². The van der Waals surface area contributed by atoms with Crippen LogP contribution in [0.2, 0.25) is 0 Å². The van der Waals surface area contributed by atoms with E-state index in [4.69, 9.17) is 0 Å². The molecule has 0 amide bonds. The van der Waals surface area contributed by atoms with Crippen molar-refractivity contribution in [1.82, 2.24) is 0 Å². The van der Waals surface area contributed by atoms with Crippen molar-refractivity contribution in [3.8, 4) is 0 Å². The predicted octanol–water partition coefficient (Wildman–Crippen LogP) is 6.99. The summed E-state index contributed by atoms with van der Waals surface area (Å²) in [7, 11) is 0. The Morgan fingerprint density at radius 2 is 1.58 bits per heavy atom. The number of fused-ring (bicyclic) bond motifs is 1. The van der Waals surface area contributed by atoms with E-state index in [-0.39, 0.29) is 0 Å². The highest BCUT2D eigenvalue weighted by molar-refractivity contribution is 5.90. The number of allylic oxidation sites excluding steroid dienone is 1. The average Bonchev–Trinajstić information content (AvgIpc) is 2.59. The van der Waals surface area contributed by atoms with E-state index >= 15 is 0 Å². The first kappa shape index (κ1) is 18.2. The molecule has 3 aromatic carbocycles. The first-order valence-corrected chi connectivity index (χ1v) is 8.60. The Kier molecular flexibility index (Phi) is 4.90. The molecule has 0 spiro atoms. The first-order chi connectivity index (χ1) is 12.3. The van der Waals surface area contributed by atoms with Gasteiger partial charge in [-0.2, -0.15) is 13.2 Å². The van der Waals surface area contributed by atoms with Crippen molar-refractivity contribution in [3.05, 3.63) is 89.0 Å². The predicted molar refractivity (Wildman–Crippen MR) is 102 cm³/mol. The maximum atomic E-state index is 12.7. The van der Waals surface area contributed by atoms with Gasteiger partial charge in [-0.1, -0.05) is 60.2 Å². The molecule has 0 saturated heterocycles. The van der Waals surface area contributed by atoms with E-state index < -0.39 is 11.7 Å². The van der Waals surface area contributed by atoms with Crippen LogP contribution in [0.5, 0.6) is 0 Å². The van der Waals surface area contributed by atoms with Crippen molar-refractivity contribution in [1.29, 1.82) is 0 Å². The Morgan fingerprint density at radius 1 is 0.923 bits per heavy atom. The van der Waals surface area contributed by atoms with Gasteiger partial charge in [0.2, 0.25) is 0 Å². The molecule has 0 unspecified atom stereocenters. The molecular weight excluding hydrogens is 333 g/mol. The molecular formula is C23H21F3. The Labute approximate surface area is 152 Å². The largest absolute Gasteiger partial charge is 0.416 e. The molecule has 134 valence electrons. The summed E-state index contributed by atoms with van der Waals surface area (Å²) in [4.78, 5) is 0. The van der Waals surface area contributed by atoms with Gasteiger partial charge in [-0.05, 0) is 66.3 Å². The lowest BCUT2D eigenvalue weighted by Gasteiger charge is -2.14. The van der Waals surface area contributed by atoms with Crippen LogP contribution in [-0.4, -0.2) is 0 Å². The Balaban J connectivity index is 1.93. The van der Waals surface area contributed by atoms with E-state index in [0.29, 0.717) is 6.42 Å². The Hall–Kier alpha value is -2.55. The number of hydrogen-bond acceptors (Lipinski definition) is 0. The van der Waals surface area contributed by atoms with Crippen molar-refractivity contribution < 1.29 is 13.2 Å². The lowest BCUT2D eigenvalue weighted by molar-refractivity contribution is -0.137. The third kappa shape index (κ3) is 3.82. The van der Waals surface area contributed by atoms with E-state index in [1.165, 1.54) is 21.9 Å². The summed E-state index contributed by atoms with van der Waals surface area (Å²) >= 11 is 0. The van der Waals surface area contributed by atoms with Crippen molar-refractivity contribution >= 4 is 16.3 Å². The third-order valence-electron chi connectivity index (χ3n) is 4.69. The summed E-state index contributed by atoms with van der Waals surface area (Å²) in [5.74, 6) is 0. The maximum Gasteiger partial charge on any atom is 0.416 e. The minimum atomic E-state index is -4.29. The van der Waals surface area contributed by atoms with Gasteiger partial charge in [0, 0.05) is 0 Å². The molecule has 0 radical (unpaired) electrons. The number of alkyl halides is 3. The van der Waals surface area contributed by atoms with Gasteiger partial charge in [0.05, 0.1) is 5.56 Å². The fraction of sp³-hybridized carbons (Fsp3) is 0.217. The zero-order valence-corrected chi connectivity index (χ0v) is 15.0. The normalized spacial score (nSPS) is 11.7. The summed E-state index contributed by atoms with van der Waals surface area (Å²) in [5, 5.41) is 2.36. The van der Waals surface area contributed by atoms with E-state index in [2.05, 4.69) is 43.8 Å². The molecule has 0 fully saturated rings. The van der Waals surface area contributed by atoms with Gasteiger partial charge in [-0.15, -0.1) is 0 Å². The van der Waals surface area contributed by atoms with E-state index in [9.17, 15) is 13.2 Å². The fourth-order valence-electron chi connectivity index (χ4n) is 3.29. The van der Waals surface area contributed by atoms with Gasteiger partial charge in [0.1, 0.15) is 0 Å². The molecule has 0 saturated carbocycles. The van der Waals surface area contributed by atoms with Crippen molar-refractivity contribution in [3.63, 3.8) is 0 Å². The standard InChI is InChI=1S/C23H21F3/c1-15(2)20-13-9-18-8-4-16(3)14-22(18)21(20)12-7-17-5-10-19(11-6-17)23(24,25)26/h4-6,8-11,13-14H,1,7,12H2,2-3H3. The zero-order valence-electron chi connectivity index (χ0n) is 15.0. The highest BCUT2D eigenvalue weighted by atomic mass is 19.4. The van der Waals surface area contributed by atoms with Crippen LogP contribution in [0.3, 0.4) is 0 Å². The number of halogens is 3. The summed E-state index contributed by atoms with van der Waals surface area (Å²) in [6.07, 6.45) is -2.85. The maximum absolute atomic E-state index is 12.7. The van der Waals surface area contributed by atoms with Crippen LogP contribution in [0.15, 0.2) is 61.2 Å². The number of rotatable bonds is 4. The number of hydrogen-bond donors (Lipinski definition) is 0. The van der Waals surface area contributed by atoms with Gasteiger partial charge in [0.25, 0.3) is 0 Å². The molecule has 0 aliphatic carbocycles. The third-order valence-corrected chi connectivity index (χ3v) is 4.69. The molecule has 0 N–H and O–H groups in total. The van der Waals surface area contributed by atoms with E-state index in [1.807, 2.05) is 6.92 Å². The second-order valence-corrected chi connectivity index (χ2v) is 6.79. The van der Waals surface area contributed by atoms with Crippen LogP contribution in [-0.2, 0) is 19.0 Å². The number of aryl methyl sites for hydroxylation is 3. The first-order valence-electron chi connectivity index (χ1n) is 8.60. The topological polar surface area (TPSA) is 0 Å². The second-order valence-electron chi connectivity index (χ2n) is 6.79. The molecule has 0 nitrogen and oxygen atoms in total. The minimum absolute atomic E-state index is 0.607. The van der Waals surface area contributed by atoms with E-state index in [0.717, 1.165) is 35.3 Å². The smallest absolute Gasteiger partial charge is 0.166 e. The summed E-state index contributed by atoms with van der Waals surface area (Å²) in [5.41, 5.74) is 4.80. The molecule has 3 rings (SSSR count). The number of benzene rings is 3. The van der Waals surface area contributed by atoms with Gasteiger partial charge in [-0.25, -0.2) is 0 Å². The highest BCUT2D eigenvalue weighted by Gasteiger charge is 2.29. The van der Waals surface area contributed by atoms with Crippen LogP contribution in [0.25, 0.3) is 16.3 Å². The van der Waals surface area contributed by atoms with Crippen LogP contribution in [0.4, 0.5) is 13.2 Å². The lowest BCUT2D eigenvalue weighted by atomic mass is 9.90. The van der Waals surface area contributed by atoms with Gasteiger partial charge < -0.3 is 0 Å². The molecule has 0 aromatic heterocycles. The van der Waals surface area contributed by atoms with Crippen LogP contribution >= 0.6 is 0 Å². The summed E-state index contributed by atoms with van der Waals surface area (Å²) in [6.45, 7) is 8.13. The Bertz CT molecular complexity index is 948. The minimum Gasteiger partial charge on any atom is -0.166 e. The SMILES string of the molecule is C=C(C)c1ccc2ccc(C)cc2c1CCc1ccc(C(F)(F)F)cc1. The summed E-state index contributed by atoms with van der Waals surface area (Å²) in [6, 6.07) is 16.0. The van der Waals surface area contributed by atoms with E-state index in [1.54, 1.807) is 12.1 Å². The lowest BCUT2D eigenvalue weighted by Crippen LogP contribution is -2.05. The highest BCUT2D eigenvalue weighted by Crippen LogP contribution is 2.31. The fourth-order valence-corrected chi connectivity index (χ4v) is 3.29. The Morgan fingerprint density at radius 3 is 2.19 bits per heavy atom. The second kappa shape index (κ2) is 6.99. The van der Waals surface area contributed by atoms with Crippen molar-refractivity contribution in [2.24, 2.45) is 0 Å². The van der Waals surface area contributed by atoms with Crippen molar-refractivity contribution in [2.45, 2.75) is 32.9 Å². The zero-order chi connectivity index (χ0) is 18.9. The van der Waals surface area contributed by atoms with Crippen LogP contribution in [0.1, 0.15) is 34.7 Å². The average molecular weight is 354 g/mol. The molecule has 0 atom stereocenters. The summed E-state index contributed by atoms with van der Waals surface area (Å²) < 4.78 is 38.1.